The lowest BCUT2D eigenvalue weighted by Crippen LogP contribution is -2.46. The molecule has 2 aliphatic rings. The van der Waals surface area contributed by atoms with Crippen LogP contribution in [0.4, 0.5) is 0 Å². The van der Waals surface area contributed by atoms with Crippen molar-refractivity contribution in [1.29, 1.82) is 0 Å². The quantitative estimate of drug-likeness (QED) is 0.889. The molecule has 4 rings (SSSR count). The second-order valence-corrected chi connectivity index (χ2v) is 7.40. The monoisotopic (exact) mass is 372 g/mol. The van der Waals surface area contributed by atoms with Gasteiger partial charge < -0.3 is 14.6 Å². The van der Waals surface area contributed by atoms with Crippen molar-refractivity contribution in [2.75, 3.05) is 13.1 Å². The van der Waals surface area contributed by atoms with Crippen LogP contribution in [0, 0.1) is 5.92 Å². The molecule has 26 heavy (non-hydrogen) atoms. The number of hydrogen-bond donors (Lipinski definition) is 1. The Morgan fingerprint density at radius 1 is 1.04 bits per heavy atom. The number of rotatable bonds is 4. The molecule has 2 heterocycles. The summed E-state index contributed by atoms with van der Waals surface area (Å²) in [5.74, 6) is 1.16. The van der Waals surface area contributed by atoms with Gasteiger partial charge in [0, 0.05) is 30.6 Å². The number of hydrogen-bond acceptors (Lipinski definition) is 3. The van der Waals surface area contributed by atoms with Gasteiger partial charge in [0.2, 0.25) is 5.91 Å². The summed E-state index contributed by atoms with van der Waals surface area (Å²) in [5.41, 5.74) is 0.764. The maximum Gasteiger partial charge on any atom is 0.287 e. The Morgan fingerprint density at radius 3 is 2.46 bits per heavy atom. The second kappa shape index (κ2) is 7.16. The van der Waals surface area contributed by atoms with Gasteiger partial charge in [-0.05, 0) is 49.9 Å². The molecule has 1 aliphatic carbocycles. The summed E-state index contributed by atoms with van der Waals surface area (Å²) in [6, 6.07) is 10.9. The SMILES string of the molecule is O=C(NC1CCN(C(=O)C2CC2)CC1)c1ccc(-c2ccccc2Cl)o1. The third-order valence-electron chi connectivity index (χ3n) is 5.04. The highest BCUT2D eigenvalue weighted by Crippen LogP contribution is 2.32. The Labute approximate surface area is 157 Å². The number of likely N-dealkylation sites (tertiary alicyclic amines) is 1. The molecule has 1 aromatic heterocycles. The summed E-state index contributed by atoms with van der Waals surface area (Å²) in [4.78, 5) is 26.5. The molecule has 2 fully saturated rings. The predicted molar refractivity (Wildman–Crippen MR) is 98.9 cm³/mol. The number of halogens is 1. The molecule has 0 spiro atoms. The second-order valence-electron chi connectivity index (χ2n) is 6.99. The van der Waals surface area contributed by atoms with Crippen LogP contribution in [0.1, 0.15) is 36.2 Å². The molecule has 5 nitrogen and oxygen atoms in total. The maximum atomic E-state index is 12.5. The van der Waals surface area contributed by atoms with Crippen molar-refractivity contribution in [3.8, 4) is 11.3 Å². The van der Waals surface area contributed by atoms with Crippen molar-refractivity contribution in [3.63, 3.8) is 0 Å². The fraction of sp³-hybridized carbons (Fsp3) is 0.400. The van der Waals surface area contributed by atoms with Crippen LogP contribution in [0.3, 0.4) is 0 Å². The summed E-state index contributed by atoms with van der Waals surface area (Å²) in [7, 11) is 0. The average Bonchev–Trinajstić information content (AvgIpc) is 3.39. The molecule has 1 saturated carbocycles. The van der Waals surface area contributed by atoms with Crippen LogP contribution in [-0.2, 0) is 4.79 Å². The van der Waals surface area contributed by atoms with Crippen molar-refractivity contribution in [2.24, 2.45) is 5.92 Å². The van der Waals surface area contributed by atoms with Gasteiger partial charge in [-0.25, -0.2) is 0 Å². The zero-order chi connectivity index (χ0) is 18.1. The first kappa shape index (κ1) is 17.2. The summed E-state index contributed by atoms with van der Waals surface area (Å²) in [6.45, 7) is 1.42. The molecule has 2 aromatic rings. The first-order chi connectivity index (χ1) is 12.6. The standard InChI is InChI=1S/C20H21ClN2O3/c21-16-4-2-1-3-15(16)17-7-8-18(26-17)19(24)22-14-9-11-23(12-10-14)20(25)13-5-6-13/h1-4,7-8,13-14H,5-6,9-12H2,(H,22,24). The number of carbonyl (C=O) groups excluding carboxylic acids is 2. The van der Waals surface area contributed by atoms with E-state index in [-0.39, 0.29) is 29.5 Å². The topological polar surface area (TPSA) is 62.6 Å². The number of amides is 2. The van der Waals surface area contributed by atoms with E-state index in [4.69, 9.17) is 16.0 Å². The van der Waals surface area contributed by atoms with Gasteiger partial charge in [-0.2, -0.15) is 0 Å². The Balaban J connectivity index is 1.34. The van der Waals surface area contributed by atoms with E-state index in [2.05, 4.69) is 5.32 Å². The van der Waals surface area contributed by atoms with Crippen molar-refractivity contribution in [3.05, 3.63) is 47.2 Å². The van der Waals surface area contributed by atoms with E-state index >= 15 is 0 Å². The number of benzene rings is 1. The lowest BCUT2D eigenvalue weighted by atomic mass is 10.0. The zero-order valence-electron chi connectivity index (χ0n) is 14.4. The fourth-order valence-corrected chi connectivity index (χ4v) is 3.58. The van der Waals surface area contributed by atoms with Gasteiger partial charge in [-0.3, -0.25) is 9.59 Å². The van der Waals surface area contributed by atoms with Gasteiger partial charge >= 0.3 is 0 Å². The molecule has 0 atom stereocenters. The Bertz CT molecular complexity index is 820. The number of piperidine rings is 1. The van der Waals surface area contributed by atoms with E-state index in [0.29, 0.717) is 23.9 Å². The maximum absolute atomic E-state index is 12.5. The molecule has 136 valence electrons. The van der Waals surface area contributed by atoms with Crippen LogP contribution in [-0.4, -0.2) is 35.8 Å². The van der Waals surface area contributed by atoms with Gasteiger partial charge in [-0.1, -0.05) is 23.7 Å². The van der Waals surface area contributed by atoms with Crippen LogP contribution in [0.5, 0.6) is 0 Å². The summed E-state index contributed by atoms with van der Waals surface area (Å²) >= 11 is 6.18. The number of nitrogens with zero attached hydrogens (tertiary/aromatic N) is 1. The van der Waals surface area contributed by atoms with Gasteiger partial charge in [0.15, 0.2) is 5.76 Å². The van der Waals surface area contributed by atoms with Crippen LogP contribution in [0.2, 0.25) is 5.02 Å². The lowest BCUT2D eigenvalue weighted by molar-refractivity contribution is -0.133. The summed E-state index contributed by atoms with van der Waals surface area (Å²) in [5, 5.41) is 3.60. The normalized spacial score (nSPS) is 18.0. The van der Waals surface area contributed by atoms with Crippen LogP contribution < -0.4 is 5.32 Å². The van der Waals surface area contributed by atoms with Crippen LogP contribution in [0.25, 0.3) is 11.3 Å². The number of nitrogens with one attached hydrogen (secondary N) is 1. The highest BCUT2D eigenvalue weighted by atomic mass is 35.5. The third-order valence-corrected chi connectivity index (χ3v) is 5.37. The van der Waals surface area contributed by atoms with Crippen molar-refractivity contribution < 1.29 is 14.0 Å². The molecular formula is C20H21ClN2O3. The molecule has 0 bridgehead atoms. The van der Waals surface area contributed by atoms with E-state index in [1.165, 1.54) is 0 Å². The minimum atomic E-state index is -0.227. The summed E-state index contributed by atoms with van der Waals surface area (Å²) < 4.78 is 5.69. The molecule has 0 radical (unpaired) electrons. The Hall–Kier alpha value is -2.27. The average molecular weight is 373 g/mol. The van der Waals surface area contributed by atoms with E-state index in [0.717, 1.165) is 31.2 Å². The van der Waals surface area contributed by atoms with Gasteiger partial charge in [0.25, 0.3) is 5.91 Å². The Kier molecular flexibility index (Phi) is 4.72. The molecule has 6 heteroatoms. The van der Waals surface area contributed by atoms with Crippen molar-refractivity contribution >= 4 is 23.4 Å². The van der Waals surface area contributed by atoms with Crippen LogP contribution >= 0.6 is 11.6 Å². The first-order valence-electron chi connectivity index (χ1n) is 9.06. The van der Waals surface area contributed by atoms with E-state index < -0.39 is 0 Å². The molecule has 1 N–H and O–H groups in total. The molecular weight excluding hydrogens is 352 g/mol. The molecule has 1 aliphatic heterocycles. The van der Waals surface area contributed by atoms with Crippen molar-refractivity contribution in [1.82, 2.24) is 10.2 Å². The van der Waals surface area contributed by atoms with Gasteiger partial charge in [-0.15, -0.1) is 0 Å². The lowest BCUT2D eigenvalue weighted by Gasteiger charge is -2.32. The highest BCUT2D eigenvalue weighted by molar-refractivity contribution is 6.33. The van der Waals surface area contributed by atoms with Crippen molar-refractivity contribution in [2.45, 2.75) is 31.7 Å². The predicted octanol–water partition coefficient (Wildman–Crippen LogP) is 3.73. The number of furan rings is 1. The molecule has 1 saturated heterocycles. The third kappa shape index (κ3) is 3.63. The highest BCUT2D eigenvalue weighted by Gasteiger charge is 2.35. The number of carbonyl (C=O) groups is 2. The van der Waals surface area contributed by atoms with E-state index in [1.54, 1.807) is 18.2 Å². The molecule has 2 amide bonds. The summed E-state index contributed by atoms with van der Waals surface area (Å²) in [6.07, 6.45) is 3.62. The largest absolute Gasteiger partial charge is 0.451 e. The minimum Gasteiger partial charge on any atom is -0.451 e. The van der Waals surface area contributed by atoms with Gasteiger partial charge in [0.05, 0.1) is 5.02 Å². The van der Waals surface area contributed by atoms with Gasteiger partial charge in [0.1, 0.15) is 5.76 Å². The molecule has 0 unspecified atom stereocenters. The smallest absolute Gasteiger partial charge is 0.287 e. The van der Waals surface area contributed by atoms with E-state index in [9.17, 15) is 9.59 Å². The zero-order valence-corrected chi connectivity index (χ0v) is 15.2. The Morgan fingerprint density at radius 2 is 1.77 bits per heavy atom. The first-order valence-corrected chi connectivity index (χ1v) is 9.44. The molecule has 1 aromatic carbocycles. The minimum absolute atomic E-state index is 0.0691. The fourth-order valence-electron chi connectivity index (χ4n) is 3.35. The van der Waals surface area contributed by atoms with Crippen LogP contribution in [0.15, 0.2) is 40.8 Å². The van der Waals surface area contributed by atoms with E-state index in [1.807, 2.05) is 23.1 Å².